The standard InChI is InChI=1S/C17H14ClN3O/c1-22-14-9-5-8-13(10-14)21-17-15(16(18)19-11-20-17)12-6-3-2-4-7-12/h2-11H,1H3,(H,19,20,21). The first kappa shape index (κ1) is 14.4. The average molecular weight is 312 g/mol. The third-order valence-corrected chi connectivity index (χ3v) is 3.48. The van der Waals surface area contributed by atoms with Crippen LogP contribution in [0.4, 0.5) is 11.5 Å². The molecule has 0 unspecified atom stereocenters. The van der Waals surface area contributed by atoms with Crippen LogP contribution in [0, 0.1) is 0 Å². The molecule has 0 radical (unpaired) electrons. The quantitative estimate of drug-likeness (QED) is 0.718. The van der Waals surface area contributed by atoms with Crippen molar-refractivity contribution >= 4 is 23.1 Å². The van der Waals surface area contributed by atoms with Gasteiger partial charge in [-0.15, -0.1) is 0 Å². The first-order chi connectivity index (χ1) is 10.8. The Morgan fingerprint density at radius 1 is 1.00 bits per heavy atom. The number of methoxy groups -OCH3 is 1. The second kappa shape index (κ2) is 6.45. The van der Waals surface area contributed by atoms with Crippen LogP contribution in [-0.4, -0.2) is 17.1 Å². The first-order valence-electron chi connectivity index (χ1n) is 6.75. The zero-order chi connectivity index (χ0) is 15.4. The summed E-state index contributed by atoms with van der Waals surface area (Å²) in [6, 6.07) is 17.4. The van der Waals surface area contributed by atoms with E-state index >= 15 is 0 Å². The molecule has 3 rings (SSSR count). The Bertz CT molecular complexity index is 778. The molecule has 1 aromatic heterocycles. The van der Waals surface area contributed by atoms with Crippen molar-refractivity contribution in [3.05, 3.63) is 66.1 Å². The van der Waals surface area contributed by atoms with Gasteiger partial charge in [0.25, 0.3) is 0 Å². The average Bonchev–Trinajstić information content (AvgIpc) is 2.56. The van der Waals surface area contributed by atoms with Gasteiger partial charge in [0, 0.05) is 11.8 Å². The van der Waals surface area contributed by atoms with E-state index in [1.165, 1.54) is 6.33 Å². The number of halogens is 1. The van der Waals surface area contributed by atoms with Gasteiger partial charge in [-0.25, -0.2) is 9.97 Å². The third-order valence-electron chi connectivity index (χ3n) is 3.20. The number of hydrogen-bond acceptors (Lipinski definition) is 4. The summed E-state index contributed by atoms with van der Waals surface area (Å²) in [5, 5.41) is 3.68. The molecule has 0 fully saturated rings. The maximum atomic E-state index is 6.27. The van der Waals surface area contributed by atoms with Gasteiger partial charge in [0.1, 0.15) is 23.0 Å². The number of hydrogen-bond donors (Lipinski definition) is 1. The van der Waals surface area contributed by atoms with Gasteiger partial charge in [-0.05, 0) is 17.7 Å². The summed E-state index contributed by atoms with van der Waals surface area (Å²) in [5.74, 6) is 1.42. The smallest absolute Gasteiger partial charge is 0.143 e. The van der Waals surface area contributed by atoms with Gasteiger partial charge >= 0.3 is 0 Å². The molecule has 0 amide bonds. The minimum atomic E-state index is 0.409. The Hall–Kier alpha value is -2.59. The summed E-state index contributed by atoms with van der Waals surface area (Å²) in [5.41, 5.74) is 2.59. The summed E-state index contributed by atoms with van der Waals surface area (Å²) in [6.07, 6.45) is 1.44. The SMILES string of the molecule is COc1cccc(Nc2ncnc(Cl)c2-c2ccccc2)c1. The van der Waals surface area contributed by atoms with Crippen LogP contribution in [0.2, 0.25) is 5.15 Å². The monoisotopic (exact) mass is 311 g/mol. The Labute approximate surface area is 133 Å². The highest BCUT2D eigenvalue weighted by Gasteiger charge is 2.12. The molecule has 0 atom stereocenters. The maximum Gasteiger partial charge on any atom is 0.143 e. The van der Waals surface area contributed by atoms with E-state index in [0.29, 0.717) is 11.0 Å². The highest BCUT2D eigenvalue weighted by Crippen LogP contribution is 2.33. The normalized spacial score (nSPS) is 10.3. The summed E-state index contributed by atoms with van der Waals surface area (Å²) < 4.78 is 5.23. The van der Waals surface area contributed by atoms with E-state index < -0.39 is 0 Å². The van der Waals surface area contributed by atoms with E-state index in [1.807, 2.05) is 54.6 Å². The zero-order valence-electron chi connectivity index (χ0n) is 12.0. The molecule has 0 saturated heterocycles. The number of anilines is 2. The minimum Gasteiger partial charge on any atom is -0.497 e. The van der Waals surface area contributed by atoms with Crippen molar-refractivity contribution in [2.75, 3.05) is 12.4 Å². The van der Waals surface area contributed by atoms with E-state index in [-0.39, 0.29) is 0 Å². The van der Waals surface area contributed by atoms with Gasteiger partial charge in [0.2, 0.25) is 0 Å². The second-order valence-corrected chi connectivity index (χ2v) is 4.97. The van der Waals surface area contributed by atoms with Crippen molar-refractivity contribution in [2.24, 2.45) is 0 Å². The van der Waals surface area contributed by atoms with Crippen molar-refractivity contribution < 1.29 is 4.74 Å². The van der Waals surface area contributed by atoms with Gasteiger partial charge in [0.15, 0.2) is 0 Å². The first-order valence-corrected chi connectivity index (χ1v) is 7.12. The molecule has 0 aliphatic rings. The van der Waals surface area contributed by atoms with Crippen LogP contribution in [0.15, 0.2) is 60.9 Å². The van der Waals surface area contributed by atoms with Crippen LogP contribution in [-0.2, 0) is 0 Å². The second-order valence-electron chi connectivity index (χ2n) is 4.61. The van der Waals surface area contributed by atoms with Crippen LogP contribution in [0.3, 0.4) is 0 Å². The van der Waals surface area contributed by atoms with Crippen molar-refractivity contribution in [3.8, 4) is 16.9 Å². The van der Waals surface area contributed by atoms with Gasteiger partial charge in [-0.3, -0.25) is 0 Å². The molecule has 0 spiro atoms. The third kappa shape index (κ3) is 3.02. The lowest BCUT2D eigenvalue weighted by atomic mass is 10.1. The molecule has 0 aliphatic heterocycles. The predicted octanol–water partition coefficient (Wildman–Crippen LogP) is 4.55. The molecule has 0 saturated carbocycles. The fraction of sp³-hybridized carbons (Fsp3) is 0.0588. The Balaban J connectivity index is 2.02. The molecule has 22 heavy (non-hydrogen) atoms. The number of nitrogens with one attached hydrogen (secondary N) is 1. The Morgan fingerprint density at radius 2 is 1.82 bits per heavy atom. The number of rotatable bonds is 4. The molecule has 0 bridgehead atoms. The summed E-state index contributed by atoms with van der Waals surface area (Å²) >= 11 is 6.27. The predicted molar refractivity (Wildman–Crippen MR) is 88.8 cm³/mol. The van der Waals surface area contributed by atoms with Gasteiger partial charge in [-0.1, -0.05) is 48.0 Å². The van der Waals surface area contributed by atoms with Crippen LogP contribution in [0.1, 0.15) is 0 Å². The molecule has 1 heterocycles. The lowest BCUT2D eigenvalue weighted by Crippen LogP contribution is -1.99. The number of aromatic nitrogens is 2. The highest BCUT2D eigenvalue weighted by molar-refractivity contribution is 6.32. The summed E-state index contributed by atoms with van der Waals surface area (Å²) in [7, 11) is 1.63. The largest absolute Gasteiger partial charge is 0.497 e. The fourth-order valence-corrected chi connectivity index (χ4v) is 2.40. The maximum absolute atomic E-state index is 6.27. The van der Waals surface area contributed by atoms with E-state index in [0.717, 1.165) is 22.6 Å². The van der Waals surface area contributed by atoms with Crippen LogP contribution in [0.5, 0.6) is 5.75 Å². The van der Waals surface area contributed by atoms with Crippen molar-refractivity contribution in [3.63, 3.8) is 0 Å². The van der Waals surface area contributed by atoms with Crippen molar-refractivity contribution in [1.82, 2.24) is 9.97 Å². The van der Waals surface area contributed by atoms with Gasteiger partial charge in [-0.2, -0.15) is 0 Å². The lowest BCUT2D eigenvalue weighted by molar-refractivity contribution is 0.415. The number of ether oxygens (including phenoxy) is 1. The molecule has 4 nitrogen and oxygen atoms in total. The summed E-state index contributed by atoms with van der Waals surface area (Å²) in [6.45, 7) is 0. The fourth-order valence-electron chi connectivity index (χ4n) is 2.16. The number of nitrogens with zero attached hydrogens (tertiary/aromatic N) is 2. The molecule has 0 aliphatic carbocycles. The lowest BCUT2D eigenvalue weighted by Gasteiger charge is -2.12. The van der Waals surface area contributed by atoms with E-state index in [9.17, 15) is 0 Å². The van der Waals surface area contributed by atoms with E-state index in [4.69, 9.17) is 16.3 Å². The Kier molecular flexibility index (Phi) is 4.21. The van der Waals surface area contributed by atoms with Crippen molar-refractivity contribution in [1.29, 1.82) is 0 Å². The molecule has 2 aromatic carbocycles. The van der Waals surface area contributed by atoms with Gasteiger partial charge in [0.05, 0.1) is 12.7 Å². The summed E-state index contributed by atoms with van der Waals surface area (Å²) in [4.78, 5) is 8.40. The molecular weight excluding hydrogens is 298 g/mol. The minimum absolute atomic E-state index is 0.409. The van der Waals surface area contributed by atoms with Crippen LogP contribution >= 0.6 is 11.6 Å². The van der Waals surface area contributed by atoms with Crippen LogP contribution in [0.25, 0.3) is 11.1 Å². The van der Waals surface area contributed by atoms with E-state index in [2.05, 4.69) is 15.3 Å². The van der Waals surface area contributed by atoms with Crippen LogP contribution < -0.4 is 10.1 Å². The molecule has 110 valence electrons. The topological polar surface area (TPSA) is 47.0 Å². The molecular formula is C17H14ClN3O. The van der Waals surface area contributed by atoms with E-state index in [1.54, 1.807) is 7.11 Å². The highest BCUT2D eigenvalue weighted by atomic mass is 35.5. The van der Waals surface area contributed by atoms with Gasteiger partial charge < -0.3 is 10.1 Å². The zero-order valence-corrected chi connectivity index (χ0v) is 12.7. The number of benzene rings is 2. The van der Waals surface area contributed by atoms with Crippen molar-refractivity contribution in [2.45, 2.75) is 0 Å². The molecule has 3 aromatic rings. The Morgan fingerprint density at radius 3 is 2.59 bits per heavy atom. The molecule has 1 N–H and O–H groups in total. The molecule has 5 heteroatoms.